The van der Waals surface area contributed by atoms with Gasteiger partial charge in [-0.2, -0.15) is 0 Å². The Hall–Kier alpha value is -1.38. The largest absolute Gasteiger partial charge is 0.480 e. The predicted molar refractivity (Wildman–Crippen MR) is 80.5 cm³/mol. The van der Waals surface area contributed by atoms with Gasteiger partial charge in [-0.15, -0.1) is 0 Å². The van der Waals surface area contributed by atoms with Crippen LogP contribution in [0.25, 0.3) is 0 Å². The molecule has 1 N–H and O–H groups in total. The number of anilines is 1. The van der Waals surface area contributed by atoms with Crippen molar-refractivity contribution in [1.29, 1.82) is 0 Å². The number of nitro benzene ring substituents is 1. The third kappa shape index (κ3) is 4.66. The highest BCUT2D eigenvalue weighted by Gasteiger charge is 2.17. The molecule has 19 heavy (non-hydrogen) atoms. The van der Waals surface area contributed by atoms with Crippen molar-refractivity contribution >= 4 is 39.9 Å². The molecule has 0 heterocycles. The molecule has 0 aromatic heterocycles. The molecule has 104 valence electrons. The SMILES string of the molecule is CC(C)CN(CC(=O)O)c1ccc([N+](=O)[O-])cc1I. The summed E-state index contributed by atoms with van der Waals surface area (Å²) in [6, 6.07) is 4.45. The van der Waals surface area contributed by atoms with Gasteiger partial charge in [0, 0.05) is 22.2 Å². The van der Waals surface area contributed by atoms with E-state index in [1.807, 2.05) is 36.4 Å². The van der Waals surface area contributed by atoms with E-state index in [2.05, 4.69) is 0 Å². The Morgan fingerprint density at radius 1 is 1.53 bits per heavy atom. The number of halogens is 1. The van der Waals surface area contributed by atoms with E-state index in [1.165, 1.54) is 12.1 Å². The maximum atomic E-state index is 10.9. The van der Waals surface area contributed by atoms with Gasteiger partial charge in [-0.05, 0) is 34.6 Å². The molecular weight excluding hydrogens is 363 g/mol. The second-order valence-corrected chi connectivity index (χ2v) is 5.72. The minimum atomic E-state index is -0.921. The summed E-state index contributed by atoms with van der Waals surface area (Å²) in [5, 5.41) is 19.6. The molecule has 1 aromatic carbocycles. The van der Waals surface area contributed by atoms with Crippen molar-refractivity contribution in [2.75, 3.05) is 18.0 Å². The summed E-state index contributed by atoms with van der Waals surface area (Å²) in [6.07, 6.45) is 0. The van der Waals surface area contributed by atoms with Gasteiger partial charge in [0.1, 0.15) is 6.54 Å². The molecule has 0 spiro atoms. The number of carboxylic acids is 1. The smallest absolute Gasteiger partial charge is 0.323 e. The fraction of sp³-hybridized carbons (Fsp3) is 0.417. The topological polar surface area (TPSA) is 83.7 Å². The highest BCUT2D eigenvalue weighted by atomic mass is 127. The maximum Gasteiger partial charge on any atom is 0.323 e. The highest BCUT2D eigenvalue weighted by molar-refractivity contribution is 14.1. The number of nitro groups is 1. The van der Waals surface area contributed by atoms with E-state index in [1.54, 1.807) is 11.0 Å². The Morgan fingerprint density at radius 2 is 2.16 bits per heavy atom. The fourth-order valence-electron chi connectivity index (χ4n) is 1.72. The van der Waals surface area contributed by atoms with Crippen molar-refractivity contribution < 1.29 is 14.8 Å². The summed E-state index contributed by atoms with van der Waals surface area (Å²) >= 11 is 1.99. The second kappa shape index (κ2) is 6.69. The van der Waals surface area contributed by atoms with Gasteiger partial charge in [0.05, 0.1) is 10.6 Å². The molecule has 0 bridgehead atoms. The molecule has 1 rings (SSSR count). The summed E-state index contributed by atoms with van der Waals surface area (Å²) in [5.41, 5.74) is 0.718. The van der Waals surface area contributed by atoms with E-state index in [0.29, 0.717) is 21.7 Å². The van der Waals surface area contributed by atoms with E-state index in [4.69, 9.17) is 5.11 Å². The van der Waals surface area contributed by atoms with Crippen molar-refractivity contribution in [3.63, 3.8) is 0 Å². The van der Waals surface area contributed by atoms with Crippen LogP contribution in [0.15, 0.2) is 18.2 Å². The number of hydrogen-bond donors (Lipinski definition) is 1. The lowest BCUT2D eigenvalue weighted by molar-refractivity contribution is -0.384. The van der Waals surface area contributed by atoms with E-state index in [9.17, 15) is 14.9 Å². The van der Waals surface area contributed by atoms with Crippen LogP contribution in [0.3, 0.4) is 0 Å². The average Bonchev–Trinajstić information content (AvgIpc) is 2.26. The second-order valence-electron chi connectivity index (χ2n) is 4.56. The average molecular weight is 378 g/mol. The van der Waals surface area contributed by atoms with Gasteiger partial charge in [0.25, 0.3) is 5.69 Å². The molecule has 0 unspecified atom stereocenters. The van der Waals surface area contributed by atoms with Gasteiger partial charge in [-0.25, -0.2) is 0 Å². The predicted octanol–water partition coefficient (Wildman–Crippen LogP) is 2.75. The number of benzene rings is 1. The highest BCUT2D eigenvalue weighted by Crippen LogP contribution is 2.27. The van der Waals surface area contributed by atoms with Crippen LogP contribution < -0.4 is 4.90 Å². The number of rotatable bonds is 6. The molecule has 7 heteroatoms. The first-order chi connectivity index (χ1) is 8.81. The first kappa shape index (κ1) is 15.7. The molecule has 0 aliphatic heterocycles. The molecule has 1 aromatic rings. The van der Waals surface area contributed by atoms with Gasteiger partial charge in [-0.1, -0.05) is 13.8 Å². The van der Waals surface area contributed by atoms with Crippen molar-refractivity contribution in [3.05, 3.63) is 31.9 Å². The Balaban J connectivity index is 3.07. The van der Waals surface area contributed by atoms with Crippen molar-refractivity contribution in [2.45, 2.75) is 13.8 Å². The molecule has 0 amide bonds. The molecule has 0 atom stereocenters. The van der Waals surface area contributed by atoms with Gasteiger partial charge in [0.2, 0.25) is 0 Å². The quantitative estimate of drug-likeness (QED) is 0.468. The zero-order chi connectivity index (χ0) is 14.6. The number of carbonyl (C=O) groups is 1. The minimum absolute atomic E-state index is 0.00738. The Labute approximate surface area is 124 Å². The van der Waals surface area contributed by atoms with Crippen molar-refractivity contribution in [3.8, 4) is 0 Å². The van der Waals surface area contributed by atoms with Gasteiger partial charge in [0.15, 0.2) is 0 Å². The van der Waals surface area contributed by atoms with Gasteiger partial charge in [-0.3, -0.25) is 14.9 Å². The number of non-ortho nitro benzene ring substituents is 1. The normalized spacial score (nSPS) is 10.5. The van der Waals surface area contributed by atoms with Crippen LogP contribution in [0.2, 0.25) is 0 Å². The van der Waals surface area contributed by atoms with Crippen LogP contribution in [0.1, 0.15) is 13.8 Å². The van der Waals surface area contributed by atoms with Crippen LogP contribution in [-0.4, -0.2) is 29.1 Å². The lowest BCUT2D eigenvalue weighted by atomic mass is 10.2. The van der Waals surface area contributed by atoms with Crippen molar-refractivity contribution in [1.82, 2.24) is 0 Å². The van der Waals surface area contributed by atoms with Crippen LogP contribution >= 0.6 is 22.6 Å². The lowest BCUT2D eigenvalue weighted by Gasteiger charge is -2.25. The fourth-order valence-corrected chi connectivity index (χ4v) is 2.56. The Morgan fingerprint density at radius 3 is 2.58 bits per heavy atom. The monoisotopic (exact) mass is 378 g/mol. The summed E-state index contributed by atoms with van der Waals surface area (Å²) < 4.78 is 0.675. The van der Waals surface area contributed by atoms with Crippen LogP contribution in [0.5, 0.6) is 0 Å². The zero-order valence-corrected chi connectivity index (χ0v) is 12.8. The first-order valence-corrected chi connectivity index (χ1v) is 6.79. The third-order valence-electron chi connectivity index (χ3n) is 2.39. The molecule has 6 nitrogen and oxygen atoms in total. The summed E-state index contributed by atoms with van der Waals surface area (Å²) in [4.78, 5) is 22.8. The molecule has 0 saturated carbocycles. The van der Waals surface area contributed by atoms with E-state index in [-0.39, 0.29) is 12.2 Å². The maximum absolute atomic E-state index is 10.9. The van der Waals surface area contributed by atoms with Crippen molar-refractivity contribution in [2.24, 2.45) is 5.92 Å². The van der Waals surface area contributed by atoms with Crippen LogP contribution in [-0.2, 0) is 4.79 Å². The molecule has 0 radical (unpaired) electrons. The summed E-state index contributed by atoms with van der Waals surface area (Å²) in [5.74, 6) is -0.625. The Kier molecular flexibility index (Phi) is 5.52. The van der Waals surface area contributed by atoms with E-state index in [0.717, 1.165) is 0 Å². The first-order valence-electron chi connectivity index (χ1n) is 5.72. The standard InChI is InChI=1S/C12H15IN2O4/c1-8(2)6-14(7-12(16)17)11-4-3-9(15(18)19)5-10(11)13/h3-5,8H,6-7H2,1-2H3,(H,16,17). The van der Waals surface area contributed by atoms with Gasteiger partial charge < -0.3 is 10.0 Å². The lowest BCUT2D eigenvalue weighted by Crippen LogP contribution is -2.33. The third-order valence-corrected chi connectivity index (χ3v) is 3.26. The van der Waals surface area contributed by atoms with E-state index < -0.39 is 10.9 Å². The van der Waals surface area contributed by atoms with E-state index >= 15 is 0 Å². The molecular formula is C12H15IN2O4. The number of nitrogens with zero attached hydrogens (tertiary/aromatic N) is 2. The minimum Gasteiger partial charge on any atom is -0.480 e. The van der Waals surface area contributed by atoms with Crippen LogP contribution in [0.4, 0.5) is 11.4 Å². The number of aliphatic carboxylic acids is 1. The molecule has 0 aliphatic carbocycles. The number of hydrogen-bond acceptors (Lipinski definition) is 4. The summed E-state index contributed by atoms with van der Waals surface area (Å²) in [7, 11) is 0. The zero-order valence-electron chi connectivity index (χ0n) is 10.7. The van der Waals surface area contributed by atoms with Gasteiger partial charge >= 0.3 is 5.97 Å². The molecule has 0 fully saturated rings. The van der Waals surface area contributed by atoms with Crippen LogP contribution in [0, 0.1) is 19.6 Å². The molecule has 0 aliphatic rings. The number of carboxylic acid groups (broad SMARTS) is 1. The summed E-state index contributed by atoms with van der Waals surface area (Å²) in [6.45, 7) is 4.45. The molecule has 0 saturated heterocycles. The Bertz CT molecular complexity index is 491.